The van der Waals surface area contributed by atoms with Gasteiger partial charge in [0.2, 0.25) is 0 Å². The van der Waals surface area contributed by atoms with Crippen LogP contribution in [0.15, 0.2) is 29.9 Å². The topological polar surface area (TPSA) is 37.3 Å². The van der Waals surface area contributed by atoms with Crippen molar-refractivity contribution in [1.29, 1.82) is 0 Å². The van der Waals surface area contributed by atoms with Crippen molar-refractivity contribution in [3.05, 3.63) is 52.1 Å². The van der Waals surface area contributed by atoms with Crippen LogP contribution in [-0.4, -0.2) is 10.9 Å². The number of aliphatic hydroxyl groups is 1. The fourth-order valence-electron chi connectivity index (χ4n) is 4.09. The van der Waals surface area contributed by atoms with Crippen molar-refractivity contribution < 1.29 is 9.90 Å². The summed E-state index contributed by atoms with van der Waals surface area (Å²) in [5.41, 5.74) is 4.31. The molecule has 2 aliphatic rings. The highest BCUT2D eigenvalue weighted by Crippen LogP contribution is 2.50. The number of aryl methyl sites for hydroxylation is 1. The average Bonchev–Trinajstić information content (AvgIpc) is 2.44. The second-order valence-corrected chi connectivity index (χ2v) is 7.11. The first-order valence-corrected chi connectivity index (χ1v) is 8.05. The van der Waals surface area contributed by atoms with E-state index in [-0.39, 0.29) is 17.6 Å². The first kappa shape index (κ1) is 15.2. The summed E-state index contributed by atoms with van der Waals surface area (Å²) in [6.07, 6.45) is 3.65. The van der Waals surface area contributed by atoms with E-state index in [1.54, 1.807) is 0 Å². The fourth-order valence-corrected chi connectivity index (χ4v) is 4.09. The maximum atomic E-state index is 13.1. The molecule has 22 heavy (non-hydrogen) atoms. The van der Waals surface area contributed by atoms with Gasteiger partial charge in [0.25, 0.3) is 0 Å². The normalized spacial score (nSPS) is 26.7. The molecular weight excluding hydrogens is 272 g/mol. The predicted octanol–water partition coefficient (Wildman–Crippen LogP) is 3.94. The van der Waals surface area contributed by atoms with Crippen molar-refractivity contribution >= 4 is 11.9 Å². The van der Waals surface area contributed by atoms with Crippen molar-refractivity contribution in [3.63, 3.8) is 0 Å². The van der Waals surface area contributed by atoms with Crippen LogP contribution in [0.5, 0.6) is 0 Å². The maximum absolute atomic E-state index is 13.1. The molecule has 3 rings (SSSR count). The van der Waals surface area contributed by atoms with Crippen LogP contribution in [0, 0.1) is 18.8 Å². The van der Waals surface area contributed by atoms with Gasteiger partial charge in [0, 0.05) is 17.1 Å². The number of ketones is 1. The van der Waals surface area contributed by atoms with E-state index in [4.69, 9.17) is 0 Å². The molecule has 0 saturated heterocycles. The Hall–Kier alpha value is -1.67. The fraction of sp³-hybridized carbons (Fsp3) is 0.450. The van der Waals surface area contributed by atoms with Gasteiger partial charge in [-0.15, -0.1) is 0 Å². The number of carbonyl (C=O) groups excluding carboxylic acids is 1. The minimum atomic E-state index is -1.44. The lowest BCUT2D eigenvalue weighted by Gasteiger charge is -2.45. The smallest absolute Gasteiger partial charge is 0.195 e. The number of hydrogen-bond donors (Lipinski definition) is 1. The predicted molar refractivity (Wildman–Crippen MR) is 89.5 cm³/mol. The molecule has 1 aromatic rings. The van der Waals surface area contributed by atoms with Crippen LogP contribution >= 0.6 is 0 Å². The van der Waals surface area contributed by atoms with Crippen molar-refractivity contribution in [2.75, 3.05) is 0 Å². The zero-order chi connectivity index (χ0) is 16.2. The Kier molecular flexibility index (Phi) is 3.41. The molecule has 2 aliphatic carbocycles. The summed E-state index contributed by atoms with van der Waals surface area (Å²) < 4.78 is 0. The van der Waals surface area contributed by atoms with E-state index in [0.717, 1.165) is 46.2 Å². The monoisotopic (exact) mass is 296 g/mol. The van der Waals surface area contributed by atoms with Crippen molar-refractivity contribution in [3.8, 4) is 0 Å². The van der Waals surface area contributed by atoms with E-state index in [0.29, 0.717) is 0 Å². The number of benzene rings is 1. The molecule has 0 bridgehead atoms. The van der Waals surface area contributed by atoms with Gasteiger partial charge >= 0.3 is 0 Å². The van der Waals surface area contributed by atoms with Gasteiger partial charge in [0.15, 0.2) is 11.4 Å². The summed E-state index contributed by atoms with van der Waals surface area (Å²) in [4.78, 5) is 13.1. The van der Waals surface area contributed by atoms with Crippen LogP contribution in [-0.2, 0) is 16.8 Å². The Balaban J connectivity index is 2.36. The molecule has 2 heteroatoms. The van der Waals surface area contributed by atoms with Gasteiger partial charge in [0.05, 0.1) is 0 Å². The molecule has 0 saturated carbocycles. The van der Waals surface area contributed by atoms with E-state index in [9.17, 15) is 9.90 Å². The molecular formula is C20H24O2. The molecule has 0 amide bonds. The first-order valence-electron chi connectivity index (χ1n) is 8.05. The number of Topliss-reactive ketones (excluding diaryl/α,β-unsaturated/α-hetero) is 1. The second-order valence-electron chi connectivity index (χ2n) is 7.11. The average molecular weight is 296 g/mol. The third-order valence-corrected chi connectivity index (χ3v) is 5.28. The third kappa shape index (κ3) is 1.87. The SMILES string of the molecule is C=C(C)C1CCc2c(C)ccc3c2C1(O)C(=O)C(C(C)C)=C3. The molecule has 0 spiro atoms. The summed E-state index contributed by atoms with van der Waals surface area (Å²) in [5.74, 6) is -0.229. The van der Waals surface area contributed by atoms with Gasteiger partial charge in [0.1, 0.15) is 0 Å². The Morgan fingerprint density at radius 3 is 2.68 bits per heavy atom. The molecule has 2 nitrogen and oxygen atoms in total. The van der Waals surface area contributed by atoms with E-state index in [2.05, 4.69) is 19.6 Å². The van der Waals surface area contributed by atoms with Crippen LogP contribution in [0.25, 0.3) is 6.08 Å². The molecule has 116 valence electrons. The number of hydrogen-bond acceptors (Lipinski definition) is 2. The van der Waals surface area contributed by atoms with Crippen LogP contribution in [0.1, 0.15) is 49.4 Å². The molecule has 2 atom stereocenters. The Labute approximate surface area is 132 Å². The highest BCUT2D eigenvalue weighted by molar-refractivity contribution is 6.09. The molecule has 0 aromatic heterocycles. The highest BCUT2D eigenvalue weighted by Gasteiger charge is 2.53. The quantitative estimate of drug-likeness (QED) is 0.839. The molecule has 0 heterocycles. The summed E-state index contributed by atoms with van der Waals surface area (Å²) in [6, 6.07) is 4.13. The minimum absolute atomic E-state index is 0.0992. The van der Waals surface area contributed by atoms with Crippen LogP contribution in [0.2, 0.25) is 0 Å². The maximum Gasteiger partial charge on any atom is 0.195 e. The second kappa shape index (κ2) is 4.92. The zero-order valence-corrected chi connectivity index (χ0v) is 13.9. The number of carbonyl (C=O) groups is 1. The third-order valence-electron chi connectivity index (χ3n) is 5.28. The minimum Gasteiger partial charge on any atom is -0.376 e. The molecule has 2 unspecified atom stereocenters. The van der Waals surface area contributed by atoms with Gasteiger partial charge in [-0.3, -0.25) is 4.79 Å². The molecule has 1 N–H and O–H groups in total. The molecule has 0 aliphatic heterocycles. The van der Waals surface area contributed by atoms with Gasteiger partial charge in [-0.05, 0) is 55.4 Å². The highest BCUT2D eigenvalue weighted by atomic mass is 16.3. The lowest BCUT2D eigenvalue weighted by atomic mass is 9.61. The first-order chi connectivity index (χ1) is 10.3. The molecule has 0 fully saturated rings. The molecule has 0 radical (unpaired) electrons. The van der Waals surface area contributed by atoms with E-state index < -0.39 is 5.60 Å². The van der Waals surface area contributed by atoms with Crippen molar-refractivity contribution in [2.45, 2.75) is 46.1 Å². The number of rotatable bonds is 2. The largest absolute Gasteiger partial charge is 0.376 e. The lowest BCUT2D eigenvalue weighted by Crippen LogP contribution is -2.50. The zero-order valence-electron chi connectivity index (χ0n) is 13.9. The van der Waals surface area contributed by atoms with Crippen LogP contribution in [0.3, 0.4) is 0 Å². The standard InChI is InChI=1S/C20H24O2/c1-11(2)16-10-14-7-6-13(5)15-8-9-17(12(3)4)20(22,18(14)15)19(16)21/h6-7,10-11,17,22H,3,8-9H2,1-2,4-5H3. The summed E-state index contributed by atoms with van der Waals surface area (Å²) in [5, 5.41) is 11.6. The van der Waals surface area contributed by atoms with Crippen molar-refractivity contribution in [1.82, 2.24) is 0 Å². The van der Waals surface area contributed by atoms with E-state index >= 15 is 0 Å². The van der Waals surface area contributed by atoms with Gasteiger partial charge in [-0.25, -0.2) is 0 Å². The summed E-state index contributed by atoms with van der Waals surface area (Å²) in [7, 11) is 0. The Morgan fingerprint density at radius 2 is 2.09 bits per heavy atom. The lowest BCUT2D eigenvalue weighted by molar-refractivity contribution is -0.141. The van der Waals surface area contributed by atoms with Crippen LogP contribution in [0.4, 0.5) is 0 Å². The summed E-state index contributed by atoms with van der Waals surface area (Å²) >= 11 is 0. The van der Waals surface area contributed by atoms with E-state index in [1.807, 2.05) is 32.9 Å². The van der Waals surface area contributed by atoms with Crippen molar-refractivity contribution in [2.24, 2.45) is 11.8 Å². The van der Waals surface area contributed by atoms with Gasteiger partial charge in [-0.2, -0.15) is 0 Å². The van der Waals surface area contributed by atoms with Gasteiger partial charge in [-0.1, -0.05) is 38.1 Å². The van der Waals surface area contributed by atoms with E-state index in [1.165, 1.54) is 0 Å². The Morgan fingerprint density at radius 1 is 1.41 bits per heavy atom. The Bertz CT molecular complexity index is 709. The summed E-state index contributed by atoms with van der Waals surface area (Å²) in [6.45, 7) is 12.0. The van der Waals surface area contributed by atoms with Crippen LogP contribution < -0.4 is 0 Å². The van der Waals surface area contributed by atoms with Gasteiger partial charge < -0.3 is 5.11 Å². The molecule has 1 aromatic carbocycles.